The van der Waals surface area contributed by atoms with Crippen LogP contribution in [0.3, 0.4) is 0 Å². The van der Waals surface area contributed by atoms with Crippen molar-refractivity contribution in [3.05, 3.63) is 66.5 Å². The minimum absolute atomic E-state index is 0.362. The van der Waals surface area contributed by atoms with Crippen LogP contribution in [0.5, 0.6) is 11.5 Å². The van der Waals surface area contributed by atoms with Gasteiger partial charge in [-0.25, -0.2) is 0 Å². The van der Waals surface area contributed by atoms with E-state index in [2.05, 4.69) is 17.1 Å². The fraction of sp³-hybridized carbons (Fsp3) is 0.0625. The van der Waals surface area contributed by atoms with Gasteiger partial charge in [-0.15, -0.1) is 0 Å². The summed E-state index contributed by atoms with van der Waals surface area (Å²) in [5.74, 6) is 1.53. The second-order valence-corrected chi connectivity index (χ2v) is 4.23. The zero-order valence-corrected chi connectivity index (χ0v) is 10.4. The molecule has 0 fully saturated rings. The lowest BCUT2D eigenvalue weighted by Gasteiger charge is -2.11. The summed E-state index contributed by atoms with van der Waals surface area (Å²) in [7, 11) is 0. The Bertz CT molecular complexity index is 704. The van der Waals surface area contributed by atoms with Gasteiger partial charge in [0.15, 0.2) is 0 Å². The summed E-state index contributed by atoms with van der Waals surface area (Å²) >= 11 is 0. The van der Waals surface area contributed by atoms with Gasteiger partial charge in [0.2, 0.25) is 0 Å². The molecule has 0 aliphatic heterocycles. The van der Waals surface area contributed by atoms with Gasteiger partial charge in [-0.3, -0.25) is 4.98 Å². The van der Waals surface area contributed by atoms with Crippen LogP contribution in [0.1, 0.15) is 5.69 Å². The zero-order chi connectivity index (χ0) is 13.1. The highest BCUT2D eigenvalue weighted by Gasteiger charge is 2.06. The number of nitrogens with zero attached hydrogens (tertiary/aromatic N) is 1. The van der Waals surface area contributed by atoms with E-state index in [1.165, 1.54) is 0 Å². The maximum Gasteiger partial charge on any atom is 0.150 e. The maximum atomic E-state index is 5.97. The van der Waals surface area contributed by atoms with Crippen LogP contribution in [-0.2, 0) is 6.54 Å². The van der Waals surface area contributed by atoms with Crippen molar-refractivity contribution in [2.24, 2.45) is 5.73 Å². The number of hydrogen-bond donors (Lipinski definition) is 1. The molecule has 2 aromatic carbocycles. The van der Waals surface area contributed by atoms with Gasteiger partial charge in [0, 0.05) is 18.1 Å². The monoisotopic (exact) mass is 250 g/mol. The van der Waals surface area contributed by atoms with Crippen molar-refractivity contribution < 1.29 is 4.74 Å². The molecule has 0 radical (unpaired) electrons. The quantitative estimate of drug-likeness (QED) is 0.774. The van der Waals surface area contributed by atoms with Crippen LogP contribution < -0.4 is 10.5 Å². The summed E-state index contributed by atoms with van der Waals surface area (Å²) in [5.41, 5.74) is 6.43. The van der Waals surface area contributed by atoms with Crippen LogP contribution in [-0.4, -0.2) is 4.98 Å². The molecule has 94 valence electrons. The topological polar surface area (TPSA) is 48.1 Å². The smallest absolute Gasteiger partial charge is 0.150 e. The molecule has 0 aliphatic rings. The molecule has 0 bridgehead atoms. The van der Waals surface area contributed by atoms with Gasteiger partial charge in [0.25, 0.3) is 0 Å². The minimum atomic E-state index is 0.362. The molecule has 19 heavy (non-hydrogen) atoms. The standard InChI is InChI=1S/C16H14N2O/c17-11-14-16(9-4-10-18-14)19-15-8-3-6-12-5-1-2-7-13(12)15/h1-10H,11,17H2. The van der Waals surface area contributed by atoms with Crippen LogP contribution in [0, 0.1) is 0 Å². The van der Waals surface area contributed by atoms with Crippen molar-refractivity contribution in [3.63, 3.8) is 0 Å². The molecule has 1 aromatic heterocycles. The summed E-state index contributed by atoms with van der Waals surface area (Å²) < 4.78 is 5.97. The molecule has 2 N–H and O–H groups in total. The lowest BCUT2D eigenvalue weighted by molar-refractivity contribution is 0.478. The Labute approximate surface area is 111 Å². The highest BCUT2D eigenvalue weighted by Crippen LogP contribution is 2.30. The van der Waals surface area contributed by atoms with E-state index in [0.717, 1.165) is 22.2 Å². The molecular weight excluding hydrogens is 236 g/mol. The van der Waals surface area contributed by atoms with Crippen LogP contribution in [0.25, 0.3) is 10.8 Å². The van der Waals surface area contributed by atoms with Crippen LogP contribution in [0.2, 0.25) is 0 Å². The Morgan fingerprint density at radius 1 is 0.895 bits per heavy atom. The van der Waals surface area contributed by atoms with E-state index in [0.29, 0.717) is 12.3 Å². The van der Waals surface area contributed by atoms with Crippen LogP contribution in [0.4, 0.5) is 0 Å². The molecule has 0 saturated heterocycles. The molecule has 0 saturated carbocycles. The summed E-state index contributed by atoms with van der Waals surface area (Å²) in [6, 6.07) is 17.9. The molecule has 0 amide bonds. The summed E-state index contributed by atoms with van der Waals surface area (Å²) in [4.78, 5) is 4.22. The van der Waals surface area contributed by atoms with E-state index in [9.17, 15) is 0 Å². The second kappa shape index (κ2) is 5.08. The molecule has 0 atom stereocenters. The van der Waals surface area contributed by atoms with Crippen molar-refractivity contribution in [3.8, 4) is 11.5 Å². The highest BCUT2D eigenvalue weighted by molar-refractivity contribution is 5.88. The highest BCUT2D eigenvalue weighted by atomic mass is 16.5. The number of nitrogens with two attached hydrogens (primary N) is 1. The summed E-state index contributed by atoms with van der Waals surface area (Å²) in [5, 5.41) is 2.23. The van der Waals surface area contributed by atoms with E-state index in [-0.39, 0.29) is 0 Å². The Morgan fingerprint density at radius 3 is 2.58 bits per heavy atom. The Kier molecular flexibility index (Phi) is 3.12. The Morgan fingerprint density at radius 2 is 1.68 bits per heavy atom. The number of rotatable bonds is 3. The van der Waals surface area contributed by atoms with Gasteiger partial charge in [-0.1, -0.05) is 36.4 Å². The molecule has 0 aliphatic carbocycles. The van der Waals surface area contributed by atoms with Crippen molar-refractivity contribution >= 4 is 10.8 Å². The molecule has 3 nitrogen and oxygen atoms in total. The van der Waals surface area contributed by atoms with E-state index in [4.69, 9.17) is 10.5 Å². The lowest BCUT2D eigenvalue weighted by Crippen LogP contribution is -2.01. The summed E-state index contributed by atoms with van der Waals surface area (Å²) in [6.07, 6.45) is 1.72. The van der Waals surface area contributed by atoms with E-state index in [1.807, 2.05) is 42.5 Å². The SMILES string of the molecule is NCc1ncccc1Oc1cccc2ccccc12. The van der Waals surface area contributed by atoms with Gasteiger partial charge in [-0.05, 0) is 23.6 Å². The second-order valence-electron chi connectivity index (χ2n) is 4.23. The van der Waals surface area contributed by atoms with Gasteiger partial charge in [0.05, 0.1) is 5.69 Å². The number of ether oxygens (including phenoxy) is 1. The number of benzene rings is 2. The van der Waals surface area contributed by atoms with E-state index >= 15 is 0 Å². The molecule has 0 spiro atoms. The fourth-order valence-corrected chi connectivity index (χ4v) is 2.07. The minimum Gasteiger partial charge on any atom is -0.455 e. The predicted molar refractivity (Wildman–Crippen MR) is 76.2 cm³/mol. The first-order valence-electron chi connectivity index (χ1n) is 6.18. The first kappa shape index (κ1) is 11.7. The summed E-state index contributed by atoms with van der Waals surface area (Å²) in [6.45, 7) is 0.362. The van der Waals surface area contributed by atoms with Crippen LogP contribution >= 0.6 is 0 Å². The molecule has 3 aromatic rings. The maximum absolute atomic E-state index is 5.97. The van der Waals surface area contributed by atoms with Crippen molar-refractivity contribution in [1.29, 1.82) is 0 Å². The lowest BCUT2D eigenvalue weighted by atomic mass is 10.1. The molecular formula is C16H14N2O. The molecule has 1 heterocycles. The Balaban J connectivity index is 2.06. The van der Waals surface area contributed by atoms with Crippen LogP contribution in [0.15, 0.2) is 60.8 Å². The normalized spacial score (nSPS) is 10.6. The fourth-order valence-electron chi connectivity index (χ4n) is 2.07. The van der Waals surface area contributed by atoms with Gasteiger partial charge < -0.3 is 10.5 Å². The third-order valence-corrected chi connectivity index (χ3v) is 3.01. The molecule has 3 rings (SSSR count). The van der Waals surface area contributed by atoms with E-state index in [1.54, 1.807) is 6.20 Å². The first-order chi connectivity index (χ1) is 9.38. The van der Waals surface area contributed by atoms with Crippen molar-refractivity contribution in [2.75, 3.05) is 0 Å². The van der Waals surface area contributed by atoms with Gasteiger partial charge in [0.1, 0.15) is 11.5 Å². The third-order valence-electron chi connectivity index (χ3n) is 3.01. The van der Waals surface area contributed by atoms with Crippen molar-refractivity contribution in [2.45, 2.75) is 6.54 Å². The van der Waals surface area contributed by atoms with E-state index < -0.39 is 0 Å². The average Bonchev–Trinajstić information content (AvgIpc) is 2.48. The van der Waals surface area contributed by atoms with Gasteiger partial charge >= 0.3 is 0 Å². The number of pyridine rings is 1. The number of aromatic nitrogens is 1. The zero-order valence-electron chi connectivity index (χ0n) is 10.4. The predicted octanol–water partition coefficient (Wildman–Crippen LogP) is 3.49. The number of hydrogen-bond acceptors (Lipinski definition) is 3. The van der Waals surface area contributed by atoms with Crippen molar-refractivity contribution in [1.82, 2.24) is 4.98 Å². The largest absolute Gasteiger partial charge is 0.455 e. The van der Waals surface area contributed by atoms with Gasteiger partial charge in [-0.2, -0.15) is 0 Å². The third kappa shape index (κ3) is 2.28. The molecule has 3 heteroatoms. The average molecular weight is 250 g/mol. The Hall–Kier alpha value is -2.39. The molecule has 0 unspecified atom stereocenters. The first-order valence-corrected chi connectivity index (χ1v) is 6.18. The number of fused-ring (bicyclic) bond motifs is 1.